The van der Waals surface area contributed by atoms with Gasteiger partial charge in [-0.25, -0.2) is 8.42 Å². The second kappa shape index (κ2) is 8.84. The standard InChI is InChI=1S/C19H28N2O5S/c1-3-13-27(25,26)21-12-8-7-11-16(21)17(22)20-14-19(2,18(23)24)15-9-5-4-6-10-15/h4-6,9-10,16H,3,7-8,11-14H2,1-2H3,(H,20,22)(H,23,24). The van der Waals surface area contributed by atoms with Crippen molar-refractivity contribution < 1.29 is 23.1 Å². The second-order valence-electron chi connectivity index (χ2n) is 7.16. The lowest BCUT2D eigenvalue weighted by Crippen LogP contribution is -2.54. The third kappa shape index (κ3) is 4.87. The maximum atomic E-state index is 12.7. The van der Waals surface area contributed by atoms with E-state index in [2.05, 4.69) is 5.32 Å². The molecule has 27 heavy (non-hydrogen) atoms. The Bertz CT molecular complexity index is 766. The molecule has 0 radical (unpaired) electrons. The van der Waals surface area contributed by atoms with E-state index >= 15 is 0 Å². The minimum absolute atomic E-state index is 0.00758. The summed E-state index contributed by atoms with van der Waals surface area (Å²) in [5.41, 5.74) is -0.712. The van der Waals surface area contributed by atoms with Crippen LogP contribution in [0, 0.1) is 0 Å². The van der Waals surface area contributed by atoms with Gasteiger partial charge in [-0.05, 0) is 31.7 Å². The van der Waals surface area contributed by atoms with Crippen molar-refractivity contribution in [2.75, 3.05) is 18.8 Å². The molecular weight excluding hydrogens is 368 g/mol. The fraction of sp³-hybridized carbons (Fsp3) is 0.579. The summed E-state index contributed by atoms with van der Waals surface area (Å²) < 4.78 is 26.3. The highest BCUT2D eigenvalue weighted by Crippen LogP contribution is 2.25. The summed E-state index contributed by atoms with van der Waals surface area (Å²) >= 11 is 0. The molecule has 1 aliphatic heterocycles. The number of hydrogen-bond donors (Lipinski definition) is 2. The highest BCUT2D eigenvalue weighted by atomic mass is 32.2. The molecule has 1 aliphatic rings. The molecule has 0 spiro atoms. The number of carbonyl (C=O) groups is 2. The Morgan fingerprint density at radius 3 is 2.52 bits per heavy atom. The van der Waals surface area contributed by atoms with Crippen LogP contribution in [0.25, 0.3) is 0 Å². The maximum absolute atomic E-state index is 12.7. The number of carboxylic acid groups (broad SMARTS) is 1. The molecule has 8 heteroatoms. The number of piperidine rings is 1. The molecule has 0 aliphatic carbocycles. The predicted octanol–water partition coefficient (Wildman–Crippen LogP) is 1.74. The number of carbonyl (C=O) groups excluding carboxylic acids is 1. The van der Waals surface area contributed by atoms with Gasteiger partial charge in [-0.15, -0.1) is 0 Å². The van der Waals surface area contributed by atoms with E-state index in [9.17, 15) is 23.1 Å². The van der Waals surface area contributed by atoms with E-state index in [1.54, 1.807) is 44.2 Å². The van der Waals surface area contributed by atoms with Gasteiger partial charge in [0, 0.05) is 13.1 Å². The quantitative estimate of drug-likeness (QED) is 0.697. The molecule has 0 saturated carbocycles. The summed E-state index contributed by atoms with van der Waals surface area (Å²) in [6, 6.07) is 7.93. The Balaban J connectivity index is 2.15. The van der Waals surface area contributed by atoms with Crippen LogP contribution >= 0.6 is 0 Å². The van der Waals surface area contributed by atoms with Gasteiger partial charge in [-0.2, -0.15) is 4.31 Å². The number of sulfonamides is 1. The molecule has 2 N–H and O–H groups in total. The molecule has 1 aromatic carbocycles. The van der Waals surface area contributed by atoms with Crippen LogP contribution in [-0.4, -0.2) is 54.6 Å². The van der Waals surface area contributed by atoms with Crippen molar-refractivity contribution >= 4 is 21.9 Å². The molecule has 2 atom stereocenters. The lowest BCUT2D eigenvalue weighted by Gasteiger charge is -2.34. The predicted molar refractivity (Wildman–Crippen MR) is 103 cm³/mol. The fourth-order valence-electron chi connectivity index (χ4n) is 3.36. The summed E-state index contributed by atoms with van der Waals surface area (Å²) in [4.78, 5) is 24.6. The molecule has 1 fully saturated rings. The van der Waals surface area contributed by atoms with E-state index < -0.39 is 33.4 Å². The number of nitrogens with zero attached hydrogens (tertiary/aromatic N) is 1. The van der Waals surface area contributed by atoms with Gasteiger partial charge in [0.15, 0.2) is 0 Å². The van der Waals surface area contributed by atoms with E-state index in [0.29, 0.717) is 24.9 Å². The molecule has 2 unspecified atom stereocenters. The zero-order valence-corrected chi connectivity index (χ0v) is 16.7. The third-order valence-corrected chi connectivity index (χ3v) is 7.15. The minimum Gasteiger partial charge on any atom is -0.481 e. The molecule has 0 bridgehead atoms. The van der Waals surface area contributed by atoms with E-state index in [-0.39, 0.29) is 12.3 Å². The van der Waals surface area contributed by atoms with Gasteiger partial charge in [0.05, 0.1) is 5.75 Å². The summed E-state index contributed by atoms with van der Waals surface area (Å²) in [6.45, 7) is 3.56. The van der Waals surface area contributed by atoms with Crippen LogP contribution in [-0.2, 0) is 25.0 Å². The van der Waals surface area contributed by atoms with Crippen LogP contribution in [0.1, 0.15) is 45.1 Å². The number of benzene rings is 1. The van der Waals surface area contributed by atoms with Gasteiger partial charge >= 0.3 is 5.97 Å². The number of nitrogens with one attached hydrogen (secondary N) is 1. The van der Waals surface area contributed by atoms with Crippen molar-refractivity contribution in [1.82, 2.24) is 9.62 Å². The normalized spacial score (nSPS) is 20.6. The van der Waals surface area contributed by atoms with Crippen LogP contribution in [0.2, 0.25) is 0 Å². The number of rotatable bonds is 8. The molecule has 150 valence electrons. The average molecular weight is 397 g/mol. The molecule has 2 rings (SSSR count). The molecule has 1 saturated heterocycles. The van der Waals surface area contributed by atoms with Crippen LogP contribution in [0.5, 0.6) is 0 Å². The van der Waals surface area contributed by atoms with Crippen molar-refractivity contribution in [2.45, 2.75) is 51.0 Å². The maximum Gasteiger partial charge on any atom is 0.315 e. The van der Waals surface area contributed by atoms with Crippen molar-refractivity contribution in [3.05, 3.63) is 35.9 Å². The third-order valence-electron chi connectivity index (χ3n) is 5.07. The van der Waals surface area contributed by atoms with E-state index in [1.165, 1.54) is 4.31 Å². The number of aliphatic carboxylic acids is 1. The van der Waals surface area contributed by atoms with Gasteiger partial charge < -0.3 is 10.4 Å². The Kier molecular flexibility index (Phi) is 7.00. The summed E-state index contributed by atoms with van der Waals surface area (Å²) in [6.07, 6.45) is 2.43. The van der Waals surface area contributed by atoms with Crippen LogP contribution in [0.15, 0.2) is 30.3 Å². The number of hydrogen-bond acceptors (Lipinski definition) is 4. The monoisotopic (exact) mass is 396 g/mol. The van der Waals surface area contributed by atoms with Gasteiger partial charge in [0.1, 0.15) is 11.5 Å². The zero-order valence-electron chi connectivity index (χ0n) is 15.8. The second-order valence-corrected chi connectivity index (χ2v) is 9.20. The SMILES string of the molecule is CCCS(=O)(=O)N1CCCCC1C(=O)NCC(C)(C(=O)O)c1ccccc1. The fourth-order valence-corrected chi connectivity index (χ4v) is 5.11. The molecule has 7 nitrogen and oxygen atoms in total. The van der Waals surface area contributed by atoms with Gasteiger partial charge in [0.2, 0.25) is 15.9 Å². The first-order valence-corrected chi connectivity index (χ1v) is 10.9. The number of amides is 1. The highest BCUT2D eigenvalue weighted by molar-refractivity contribution is 7.89. The minimum atomic E-state index is -3.49. The van der Waals surface area contributed by atoms with Crippen molar-refractivity contribution in [3.63, 3.8) is 0 Å². The van der Waals surface area contributed by atoms with Gasteiger partial charge in [-0.1, -0.05) is 43.7 Å². The Hall–Kier alpha value is -1.93. The van der Waals surface area contributed by atoms with Crippen LogP contribution < -0.4 is 5.32 Å². The van der Waals surface area contributed by atoms with Gasteiger partial charge in [-0.3, -0.25) is 9.59 Å². The van der Waals surface area contributed by atoms with Crippen molar-refractivity contribution in [3.8, 4) is 0 Å². The summed E-state index contributed by atoms with van der Waals surface area (Å²) in [5.74, 6) is -1.47. The molecular formula is C19H28N2O5S. The highest BCUT2D eigenvalue weighted by Gasteiger charge is 2.39. The first-order chi connectivity index (χ1) is 12.7. The van der Waals surface area contributed by atoms with E-state index in [4.69, 9.17) is 0 Å². The lowest BCUT2D eigenvalue weighted by molar-refractivity contribution is -0.143. The molecule has 1 aromatic rings. The van der Waals surface area contributed by atoms with Crippen LogP contribution in [0.4, 0.5) is 0 Å². The molecule has 0 aromatic heterocycles. The lowest BCUT2D eigenvalue weighted by atomic mass is 9.82. The van der Waals surface area contributed by atoms with Gasteiger partial charge in [0.25, 0.3) is 0 Å². The average Bonchev–Trinajstić information content (AvgIpc) is 2.66. The first-order valence-electron chi connectivity index (χ1n) is 9.28. The van der Waals surface area contributed by atoms with Crippen molar-refractivity contribution in [2.24, 2.45) is 0 Å². The number of carboxylic acids is 1. The summed E-state index contributed by atoms with van der Waals surface area (Å²) in [7, 11) is -3.49. The topological polar surface area (TPSA) is 104 Å². The van der Waals surface area contributed by atoms with Crippen molar-refractivity contribution in [1.29, 1.82) is 0 Å². The Labute approximate surface area is 160 Å². The summed E-state index contributed by atoms with van der Waals surface area (Å²) in [5, 5.41) is 12.4. The zero-order chi connectivity index (χ0) is 20.1. The van der Waals surface area contributed by atoms with E-state index in [1.807, 2.05) is 0 Å². The van der Waals surface area contributed by atoms with Crippen LogP contribution in [0.3, 0.4) is 0 Å². The smallest absolute Gasteiger partial charge is 0.315 e. The largest absolute Gasteiger partial charge is 0.481 e. The van der Waals surface area contributed by atoms with E-state index in [0.717, 1.165) is 12.8 Å². The molecule has 1 amide bonds. The first kappa shape index (κ1) is 21.4. The Morgan fingerprint density at radius 1 is 1.26 bits per heavy atom. The molecule has 1 heterocycles. The Morgan fingerprint density at radius 2 is 1.93 bits per heavy atom.